The molecule has 3 nitrogen and oxygen atoms in total. The van der Waals surface area contributed by atoms with Gasteiger partial charge in [0, 0.05) is 18.0 Å². The highest BCUT2D eigenvalue weighted by molar-refractivity contribution is 7.11. The first-order valence-electron chi connectivity index (χ1n) is 7.33. The molecule has 1 unspecified atom stereocenters. The maximum Gasteiger partial charge on any atom is 0.125 e. The van der Waals surface area contributed by atoms with Gasteiger partial charge in [0.25, 0.3) is 0 Å². The molecule has 1 fully saturated rings. The number of rotatable bonds is 5. The van der Waals surface area contributed by atoms with Crippen LogP contribution in [0.3, 0.4) is 0 Å². The lowest BCUT2D eigenvalue weighted by atomic mass is 9.97. The Labute approximate surface area is 120 Å². The van der Waals surface area contributed by atoms with E-state index in [4.69, 9.17) is 9.72 Å². The van der Waals surface area contributed by atoms with Crippen molar-refractivity contribution < 1.29 is 4.74 Å². The van der Waals surface area contributed by atoms with Crippen LogP contribution in [0.15, 0.2) is 0 Å². The van der Waals surface area contributed by atoms with Crippen LogP contribution in [0.1, 0.15) is 55.6 Å². The predicted octanol–water partition coefficient (Wildman–Crippen LogP) is 3.61. The van der Waals surface area contributed by atoms with Crippen LogP contribution in [-0.2, 0) is 16.9 Å². The molecule has 0 radical (unpaired) electrons. The fourth-order valence-corrected chi connectivity index (χ4v) is 3.56. The van der Waals surface area contributed by atoms with Crippen molar-refractivity contribution in [1.29, 1.82) is 0 Å². The summed E-state index contributed by atoms with van der Waals surface area (Å²) in [5, 5.41) is 4.66. The number of aryl methyl sites for hydroxylation is 1. The van der Waals surface area contributed by atoms with E-state index in [-0.39, 0.29) is 5.60 Å². The molecule has 1 N–H and O–H groups in total. The van der Waals surface area contributed by atoms with Crippen molar-refractivity contribution in [2.24, 2.45) is 5.92 Å². The molecule has 1 aliphatic rings. The quantitative estimate of drug-likeness (QED) is 0.896. The van der Waals surface area contributed by atoms with Crippen molar-refractivity contribution in [1.82, 2.24) is 10.3 Å². The number of nitrogens with zero attached hydrogens (tertiary/aromatic N) is 1. The van der Waals surface area contributed by atoms with E-state index in [2.05, 4.69) is 33.0 Å². The lowest BCUT2D eigenvalue weighted by Gasteiger charge is -2.31. The van der Waals surface area contributed by atoms with Gasteiger partial charge in [-0.15, -0.1) is 11.3 Å². The first-order valence-corrected chi connectivity index (χ1v) is 8.14. The van der Waals surface area contributed by atoms with Crippen LogP contribution in [0.4, 0.5) is 0 Å². The number of ether oxygens (including phenoxy) is 1. The van der Waals surface area contributed by atoms with Gasteiger partial charge in [0.2, 0.25) is 0 Å². The molecule has 0 aliphatic carbocycles. The Hall–Kier alpha value is -0.450. The van der Waals surface area contributed by atoms with Gasteiger partial charge in [-0.2, -0.15) is 0 Å². The van der Waals surface area contributed by atoms with Gasteiger partial charge in [0.1, 0.15) is 10.6 Å². The zero-order valence-corrected chi connectivity index (χ0v) is 13.4. The summed E-state index contributed by atoms with van der Waals surface area (Å²) in [4.78, 5) is 6.11. The zero-order chi connectivity index (χ0) is 13.9. The van der Waals surface area contributed by atoms with E-state index >= 15 is 0 Å². The van der Waals surface area contributed by atoms with E-state index in [1.807, 2.05) is 11.3 Å². The molecule has 0 saturated carbocycles. The minimum Gasteiger partial charge on any atom is -0.368 e. The first kappa shape index (κ1) is 14.9. The summed E-state index contributed by atoms with van der Waals surface area (Å²) >= 11 is 1.82. The molecule has 4 heteroatoms. The molecule has 2 rings (SSSR count). The number of hydrogen-bond acceptors (Lipinski definition) is 4. The van der Waals surface area contributed by atoms with Crippen molar-refractivity contribution in [3.63, 3.8) is 0 Å². The Morgan fingerprint density at radius 2 is 2.21 bits per heavy atom. The van der Waals surface area contributed by atoms with Crippen molar-refractivity contribution in [3.8, 4) is 0 Å². The molecule has 0 spiro atoms. The van der Waals surface area contributed by atoms with E-state index < -0.39 is 0 Å². The number of hydrogen-bond donors (Lipinski definition) is 1. The van der Waals surface area contributed by atoms with Gasteiger partial charge in [-0.25, -0.2) is 4.98 Å². The minimum absolute atomic E-state index is 0.149. The summed E-state index contributed by atoms with van der Waals surface area (Å²) in [6.07, 6.45) is 3.53. The standard InChI is InChI=1S/C15H26N2OS/c1-11(2)9-16-10-13-12(3)17-14(19-13)15(4)7-5-6-8-18-15/h11,16H,5-10H2,1-4H3. The van der Waals surface area contributed by atoms with E-state index in [1.165, 1.54) is 17.7 Å². The summed E-state index contributed by atoms with van der Waals surface area (Å²) in [6.45, 7) is 11.6. The zero-order valence-electron chi connectivity index (χ0n) is 12.6. The summed E-state index contributed by atoms with van der Waals surface area (Å²) < 4.78 is 5.99. The summed E-state index contributed by atoms with van der Waals surface area (Å²) in [5.74, 6) is 0.687. The largest absolute Gasteiger partial charge is 0.368 e. The van der Waals surface area contributed by atoms with Gasteiger partial charge in [-0.05, 0) is 45.6 Å². The highest BCUT2D eigenvalue weighted by atomic mass is 32.1. The van der Waals surface area contributed by atoms with Gasteiger partial charge < -0.3 is 10.1 Å². The average Bonchev–Trinajstić information content (AvgIpc) is 2.72. The van der Waals surface area contributed by atoms with Gasteiger partial charge >= 0.3 is 0 Å². The smallest absolute Gasteiger partial charge is 0.125 e. The average molecular weight is 282 g/mol. The Morgan fingerprint density at radius 1 is 1.42 bits per heavy atom. The molecular weight excluding hydrogens is 256 g/mol. The van der Waals surface area contributed by atoms with E-state index in [0.717, 1.165) is 36.8 Å². The van der Waals surface area contributed by atoms with Crippen LogP contribution in [0.2, 0.25) is 0 Å². The van der Waals surface area contributed by atoms with Gasteiger partial charge in [-0.3, -0.25) is 0 Å². The van der Waals surface area contributed by atoms with Gasteiger partial charge in [-0.1, -0.05) is 13.8 Å². The number of nitrogens with one attached hydrogen (secondary N) is 1. The van der Waals surface area contributed by atoms with Crippen molar-refractivity contribution in [3.05, 3.63) is 15.6 Å². The van der Waals surface area contributed by atoms with Gasteiger partial charge in [0.05, 0.1) is 5.69 Å². The Bertz CT molecular complexity index is 408. The van der Waals surface area contributed by atoms with E-state index in [1.54, 1.807) is 0 Å². The van der Waals surface area contributed by atoms with Gasteiger partial charge in [0.15, 0.2) is 0 Å². The predicted molar refractivity (Wildman–Crippen MR) is 80.6 cm³/mol. The molecule has 19 heavy (non-hydrogen) atoms. The molecule has 0 aromatic carbocycles. The third-order valence-corrected chi connectivity index (χ3v) is 5.05. The second-order valence-electron chi connectivity index (χ2n) is 6.09. The van der Waals surface area contributed by atoms with Crippen molar-refractivity contribution in [2.45, 2.75) is 59.1 Å². The van der Waals surface area contributed by atoms with Crippen LogP contribution >= 0.6 is 11.3 Å². The Morgan fingerprint density at radius 3 is 2.84 bits per heavy atom. The van der Waals surface area contributed by atoms with Crippen LogP contribution in [-0.4, -0.2) is 18.1 Å². The molecule has 1 aromatic rings. The summed E-state index contributed by atoms with van der Waals surface area (Å²) in [6, 6.07) is 0. The lowest BCUT2D eigenvalue weighted by Crippen LogP contribution is -2.29. The minimum atomic E-state index is -0.149. The maximum absolute atomic E-state index is 5.99. The second kappa shape index (κ2) is 6.33. The number of aromatic nitrogens is 1. The SMILES string of the molecule is Cc1nc(C2(C)CCCCO2)sc1CNCC(C)C. The highest BCUT2D eigenvalue weighted by Crippen LogP contribution is 2.37. The van der Waals surface area contributed by atoms with Crippen molar-refractivity contribution in [2.75, 3.05) is 13.2 Å². The molecule has 1 aliphatic heterocycles. The van der Waals surface area contributed by atoms with E-state index in [0.29, 0.717) is 5.92 Å². The van der Waals surface area contributed by atoms with Crippen molar-refractivity contribution >= 4 is 11.3 Å². The van der Waals surface area contributed by atoms with Crippen LogP contribution in [0.25, 0.3) is 0 Å². The Balaban J connectivity index is 2.03. The molecule has 0 amide bonds. The molecule has 2 heterocycles. The fraction of sp³-hybridized carbons (Fsp3) is 0.800. The topological polar surface area (TPSA) is 34.1 Å². The molecular formula is C15H26N2OS. The Kier molecular flexibility index (Phi) is 4.98. The molecule has 108 valence electrons. The van der Waals surface area contributed by atoms with Crippen LogP contribution in [0.5, 0.6) is 0 Å². The molecule has 1 atom stereocenters. The third-order valence-electron chi connectivity index (χ3n) is 3.65. The first-order chi connectivity index (χ1) is 9.01. The normalized spacial score (nSPS) is 24.1. The second-order valence-corrected chi connectivity index (χ2v) is 7.17. The molecule has 1 saturated heterocycles. The maximum atomic E-state index is 5.99. The van der Waals surface area contributed by atoms with E-state index in [9.17, 15) is 0 Å². The molecule has 1 aromatic heterocycles. The molecule has 0 bridgehead atoms. The summed E-state index contributed by atoms with van der Waals surface area (Å²) in [5.41, 5.74) is 1.01. The summed E-state index contributed by atoms with van der Waals surface area (Å²) in [7, 11) is 0. The fourth-order valence-electron chi connectivity index (χ4n) is 2.40. The number of thiazole rings is 1. The van der Waals surface area contributed by atoms with Crippen LogP contribution < -0.4 is 5.32 Å². The highest BCUT2D eigenvalue weighted by Gasteiger charge is 2.33. The lowest BCUT2D eigenvalue weighted by molar-refractivity contribution is -0.0702. The monoisotopic (exact) mass is 282 g/mol. The van der Waals surface area contributed by atoms with Crippen LogP contribution in [0, 0.1) is 12.8 Å². The third kappa shape index (κ3) is 3.77.